The van der Waals surface area contributed by atoms with E-state index in [4.69, 9.17) is 18.0 Å². The van der Waals surface area contributed by atoms with E-state index in [0.29, 0.717) is 18.4 Å². The highest BCUT2D eigenvalue weighted by molar-refractivity contribution is 7.80. The second kappa shape index (κ2) is 6.10. The maximum atomic E-state index is 13.6. The van der Waals surface area contributed by atoms with E-state index < -0.39 is 5.41 Å². The number of nitrogens with one attached hydrogen (secondary N) is 1. The Kier molecular flexibility index (Phi) is 4.61. The molecule has 0 radical (unpaired) electrons. The highest BCUT2D eigenvalue weighted by Crippen LogP contribution is 2.39. The molecule has 1 amide bonds. The third-order valence-corrected chi connectivity index (χ3v) is 4.80. The number of rotatable bonds is 4. The summed E-state index contributed by atoms with van der Waals surface area (Å²) >= 11 is 5.11. The monoisotopic (exact) mass is 308 g/mol. The van der Waals surface area contributed by atoms with Crippen LogP contribution in [0.15, 0.2) is 18.2 Å². The first-order valence-corrected chi connectivity index (χ1v) is 7.64. The van der Waals surface area contributed by atoms with Crippen molar-refractivity contribution in [2.45, 2.75) is 45.6 Å². The lowest BCUT2D eigenvalue weighted by Crippen LogP contribution is -2.47. The molecule has 0 aliphatic heterocycles. The molecule has 0 saturated heterocycles. The molecule has 1 aromatic carbocycles. The first kappa shape index (κ1) is 15.9. The Balaban J connectivity index is 2.14. The summed E-state index contributed by atoms with van der Waals surface area (Å²) in [4.78, 5) is 12.8. The van der Waals surface area contributed by atoms with E-state index in [0.717, 1.165) is 18.4 Å². The third kappa shape index (κ3) is 3.07. The van der Waals surface area contributed by atoms with Gasteiger partial charge in [-0.3, -0.25) is 4.79 Å². The summed E-state index contributed by atoms with van der Waals surface area (Å²) in [5.41, 5.74) is 6.40. The van der Waals surface area contributed by atoms with Crippen molar-refractivity contribution < 1.29 is 9.18 Å². The molecular weight excluding hydrogens is 287 g/mol. The van der Waals surface area contributed by atoms with Crippen molar-refractivity contribution >= 4 is 23.1 Å². The zero-order chi connectivity index (χ0) is 15.6. The Morgan fingerprint density at radius 3 is 2.57 bits per heavy atom. The van der Waals surface area contributed by atoms with Gasteiger partial charge in [-0.2, -0.15) is 0 Å². The fourth-order valence-corrected chi connectivity index (χ4v) is 3.16. The highest BCUT2D eigenvalue weighted by atomic mass is 32.1. The number of nitrogens with two attached hydrogens (primary N) is 1. The summed E-state index contributed by atoms with van der Waals surface area (Å²) in [6.07, 6.45) is 3.31. The van der Waals surface area contributed by atoms with Gasteiger partial charge in [-0.25, -0.2) is 4.39 Å². The maximum Gasteiger partial charge on any atom is 0.233 e. The predicted octanol–water partition coefficient (Wildman–Crippen LogP) is 3.16. The van der Waals surface area contributed by atoms with E-state index in [1.807, 2.05) is 13.0 Å². The lowest BCUT2D eigenvalue weighted by Gasteiger charge is -2.28. The van der Waals surface area contributed by atoms with Crippen LogP contribution in [0.3, 0.4) is 0 Å². The van der Waals surface area contributed by atoms with Crippen LogP contribution in [0.4, 0.5) is 4.39 Å². The number of hydrogen-bond donors (Lipinski definition) is 2. The van der Waals surface area contributed by atoms with Gasteiger partial charge in [0.2, 0.25) is 5.91 Å². The van der Waals surface area contributed by atoms with E-state index in [1.54, 1.807) is 13.0 Å². The molecule has 1 saturated carbocycles. The van der Waals surface area contributed by atoms with Gasteiger partial charge >= 0.3 is 0 Å². The average molecular weight is 308 g/mol. The molecule has 5 heteroatoms. The number of carbonyl (C=O) groups excluding carboxylic acids is 1. The van der Waals surface area contributed by atoms with Gasteiger partial charge in [0, 0.05) is 0 Å². The molecule has 0 aromatic heterocycles. The quantitative estimate of drug-likeness (QED) is 0.840. The Labute approximate surface area is 130 Å². The van der Waals surface area contributed by atoms with Crippen LogP contribution in [-0.2, 0) is 4.79 Å². The van der Waals surface area contributed by atoms with Crippen molar-refractivity contribution in [1.82, 2.24) is 5.32 Å². The summed E-state index contributed by atoms with van der Waals surface area (Å²) < 4.78 is 13.6. The van der Waals surface area contributed by atoms with Gasteiger partial charge < -0.3 is 11.1 Å². The van der Waals surface area contributed by atoms with Crippen LogP contribution in [0.2, 0.25) is 0 Å². The molecule has 1 aliphatic rings. The normalized spacial score (nSPS) is 18.2. The third-order valence-electron chi connectivity index (χ3n) is 4.41. The predicted molar refractivity (Wildman–Crippen MR) is 85.4 cm³/mol. The minimum absolute atomic E-state index is 0.138. The number of carbonyl (C=O) groups is 1. The zero-order valence-electron chi connectivity index (χ0n) is 12.4. The van der Waals surface area contributed by atoms with Crippen molar-refractivity contribution in [3.8, 4) is 0 Å². The summed E-state index contributed by atoms with van der Waals surface area (Å²) in [6.45, 7) is 3.55. The number of aryl methyl sites for hydroxylation is 1. The van der Waals surface area contributed by atoms with Crippen molar-refractivity contribution in [2.24, 2.45) is 11.1 Å². The minimum Gasteiger partial charge on any atom is -0.392 e. The van der Waals surface area contributed by atoms with Gasteiger partial charge in [0.15, 0.2) is 0 Å². The largest absolute Gasteiger partial charge is 0.392 e. The second-order valence-electron chi connectivity index (χ2n) is 5.86. The molecule has 1 fully saturated rings. The van der Waals surface area contributed by atoms with Crippen LogP contribution in [0, 0.1) is 18.2 Å². The zero-order valence-corrected chi connectivity index (χ0v) is 13.2. The molecule has 3 nitrogen and oxygen atoms in total. The fourth-order valence-electron chi connectivity index (χ4n) is 2.86. The Hall–Kier alpha value is -1.49. The van der Waals surface area contributed by atoms with E-state index in [9.17, 15) is 9.18 Å². The highest BCUT2D eigenvalue weighted by Gasteiger charge is 2.44. The summed E-state index contributed by atoms with van der Waals surface area (Å²) in [7, 11) is 0. The molecule has 0 heterocycles. The minimum atomic E-state index is -0.729. The summed E-state index contributed by atoms with van der Waals surface area (Å²) in [6, 6.07) is 4.72. The van der Waals surface area contributed by atoms with Crippen LogP contribution in [-0.4, -0.2) is 10.9 Å². The van der Waals surface area contributed by atoms with Crippen molar-refractivity contribution in [3.05, 3.63) is 35.1 Å². The van der Waals surface area contributed by atoms with Gasteiger partial charge in [0.25, 0.3) is 0 Å². The lowest BCUT2D eigenvalue weighted by atomic mass is 9.84. The van der Waals surface area contributed by atoms with Crippen molar-refractivity contribution in [3.63, 3.8) is 0 Å². The molecule has 0 spiro atoms. The van der Waals surface area contributed by atoms with E-state index in [1.165, 1.54) is 6.07 Å². The molecule has 1 atom stereocenters. The van der Waals surface area contributed by atoms with Gasteiger partial charge in [-0.15, -0.1) is 0 Å². The Morgan fingerprint density at radius 2 is 2.05 bits per heavy atom. The Morgan fingerprint density at radius 1 is 1.43 bits per heavy atom. The van der Waals surface area contributed by atoms with E-state index in [-0.39, 0.29) is 22.8 Å². The lowest BCUT2D eigenvalue weighted by molar-refractivity contribution is -0.128. The summed E-state index contributed by atoms with van der Waals surface area (Å²) in [5.74, 6) is -0.403. The molecule has 1 aromatic rings. The maximum absolute atomic E-state index is 13.6. The van der Waals surface area contributed by atoms with Crippen LogP contribution < -0.4 is 11.1 Å². The Bertz CT molecular complexity index is 567. The van der Waals surface area contributed by atoms with Crippen molar-refractivity contribution in [1.29, 1.82) is 0 Å². The van der Waals surface area contributed by atoms with Gasteiger partial charge in [0.05, 0.1) is 16.4 Å². The summed E-state index contributed by atoms with van der Waals surface area (Å²) in [5, 5.41) is 2.93. The molecular formula is C16H21FN2OS. The molecule has 0 bridgehead atoms. The van der Waals surface area contributed by atoms with Crippen LogP contribution >= 0.6 is 12.2 Å². The second-order valence-corrected chi connectivity index (χ2v) is 6.30. The first-order valence-electron chi connectivity index (χ1n) is 7.24. The van der Waals surface area contributed by atoms with Crippen LogP contribution in [0.1, 0.15) is 49.8 Å². The number of halogens is 1. The smallest absolute Gasteiger partial charge is 0.233 e. The van der Waals surface area contributed by atoms with E-state index >= 15 is 0 Å². The molecule has 21 heavy (non-hydrogen) atoms. The number of thiocarbonyl (C=S) groups is 1. The molecule has 1 unspecified atom stereocenters. The molecule has 114 valence electrons. The molecule has 2 rings (SSSR count). The van der Waals surface area contributed by atoms with Crippen molar-refractivity contribution in [2.75, 3.05) is 0 Å². The number of amides is 1. The number of benzene rings is 1. The molecule has 1 aliphatic carbocycles. The standard InChI is InChI=1S/C16H21FN2OS/c1-10-5-6-12(9-13(10)17)11(2)19-15(20)16(14(18)21)7-3-4-8-16/h5-6,9,11H,3-4,7-8H2,1-2H3,(H2,18,21)(H,19,20). The van der Waals surface area contributed by atoms with Gasteiger partial charge in [-0.05, 0) is 43.9 Å². The van der Waals surface area contributed by atoms with Gasteiger partial charge in [-0.1, -0.05) is 37.2 Å². The topological polar surface area (TPSA) is 55.1 Å². The number of hydrogen-bond acceptors (Lipinski definition) is 2. The van der Waals surface area contributed by atoms with E-state index in [2.05, 4.69) is 5.32 Å². The fraction of sp³-hybridized carbons (Fsp3) is 0.500. The van der Waals surface area contributed by atoms with Gasteiger partial charge in [0.1, 0.15) is 5.82 Å². The van der Waals surface area contributed by atoms with Crippen LogP contribution in [0.5, 0.6) is 0 Å². The SMILES string of the molecule is Cc1ccc(C(C)NC(=O)C2(C(N)=S)CCCC2)cc1F. The average Bonchev–Trinajstić information content (AvgIpc) is 2.92. The molecule has 3 N–H and O–H groups in total. The first-order chi connectivity index (χ1) is 9.86. The van der Waals surface area contributed by atoms with Crippen LogP contribution in [0.25, 0.3) is 0 Å².